The highest BCUT2D eigenvalue weighted by atomic mass is 16.5. The van der Waals surface area contributed by atoms with Gasteiger partial charge in [0.25, 0.3) is 0 Å². The van der Waals surface area contributed by atoms with Gasteiger partial charge in [-0.3, -0.25) is 9.69 Å². The van der Waals surface area contributed by atoms with Crippen LogP contribution in [0.1, 0.15) is 19.3 Å². The number of carbonyl (C=O) groups is 1. The molecule has 0 spiro atoms. The van der Waals surface area contributed by atoms with E-state index in [0.717, 1.165) is 32.4 Å². The molecule has 0 amide bonds. The molecule has 4 heteroatoms. The molecule has 2 N–H and O–H groups in total. The van der Waals surface area contributed by atoms with Crippen molar-refractivity contribution >= 4 is 5.97 Å². The van der Waals surface area contributed by atoms with Gasteiger partial charge in [0.05, 0.1) is 6.61 Å². The van der Waals surface area contributed by atoms with Gasteiger partial charge in [0.2, 0.25) is 0 Å². The van der Waals surface area contributed by atoms with Crippen LogP contribution >= 0.6 is 0 Å². The minimum atomic E-state index is -0.0459. The van der Waals surface area contributed by atoms with E-state index < -0.39 is 0 Å². The Morgan fingerprint density at radius 3 is 2.54 bits per heavy atom. The minimum Gasteiger partial charge on any atom is -0.464 e. The molecule has 2 aliphatic heterocycles. The van der Waals surface area contributed by atoms with E-state index in [1.165, 1.54) is 0 Å². The lowest BCUT2D eigenvalue weighted by atomic mass is 10.0. The Morgan fingerprint density at radius 2 is 2.00 bits per heavy atom. The van der Waals surface area contributed by atoms with Crippen molar-refractivity contribution in [2.24, 2.45) is 5.73 Å². The minimum absolute atomic E-state index is 0.0208. The van der Waals surface area contributed by atoms with Crippen LogP contribution < -0.4 is 5.73 Å². The van der Waals surface area contributed by atoms with Gasteiger partial charge in [-0.1, -0.05) is 0 Å². The summed E-state index contributed by atoms with van der Waals surface area (Å²) in [7, 11) is 0. The molecule has 2 fully saturated rings. The average Bonchev–Trinajstić information content (AvgIpc) is 2.53. The third-order valence-corrected chi connectivity index (χ3v) is 2.92. The van der Waals surface area contributed by atoms with E-state index in [-0.39, 0.29) is 12.0 Å². The molecule has 0 radical (unpaired) electrons. The van der Waals surface area contributed by atoms with Crippen molar-refractivity contribution in [3.63, 3.8) is 0 Å². The standard InChI is InChI=1S/C9H16N2O2/c10-7-1-4-11(5-2-7)8-3-6-13-9(8)12/h7-8H,1-6,10H2/t8-/m0/s1. The molecule has 2 rings (SSSR count). The molecule has 0 unspecified atom stereocenters. The largest absolute Gasteiger partial charge is 0.464 e. The fourth-order valence-electron chi connectivity index (χ4n) is 2.05. The first-order valence-electron chi connectivity index (χ1n) is 4.93. The van der Waals surface area contributed by atoms with Crippen molar-refractivity contribution in [3.05, 3.63) is 0 Å². The normalized spacial score (nSPS) is 32.1. The molecule has 13 heavy (non-hydrogen) atoms. The van der Waals surface area contributed by atoms with Crippen molar-refractivity contribution in [1.82, 2.24) is 4.90 Å². The second kappa shape index (κ2) is 3.64. The molecule has 74 valence electrons. The lowest BCUT2D eigenvalue weighted by Crippen LogP contribution is -2.46. The Morgan fingerprint density at radius 1 is 1.31 bits per heavy atom. The van der Waals surface area contributed by atoms with E-state index in [1.54, 1.807) is 0 Å². The van der Waals surface area contributed by atoms with Crippen LogP contribution in [0.15, 0.2) is 0 Å². The molecular formula is C9H16N2O2. The van der Waals surface area contributed by atoms with E-state index in [4.69, 9.17) is 10.5 Å². The summed E-state index contributed by atoms with van der Waals surface area (Å²) < 4.78 is 4.93. The number of hydrogen-bond acceptors (Lipinski definition) is 4. The van der Waals surface area contributed by atoms with Gasteiger partial charge >= 0.3 is 5.97 Å². The highest BCUT2D eigenvalue weighted by Crippen LogP contribution is 2.18. The maximum atomic E-state index is 11.3. The number of piperidine rings is 1. The first-order valence-corrected chi connectivity index (χ1v) is 4.93. The molecule has 0 aromatic carbocycles. The SMILES string of the molecule is NC1CCN([C@H]2CCOC2=O)CC1. The van der Waals surface area contributed by atoms with Gasteiger partial charge in [-0.25, -0.2) is 0 Å². The monoisotopic (exact) mass is 184 g/mol. The Balaban J connectivity index is 1.90. The van der Waals surface area contributed by atoms with Crippen molar-refractivity contribution in [1.29, 1.82) is 0 Å². The average molecular weight is 184 g/mol. The number of rotatable bonds is 1. The van der Waals surface area contributed by atoms with Crippen LogP contribution in [-0.2, 0) is 9.53 Å². The van der Waals surface area contributed by atoms with Gasteiger partial charge in [0.1, 0.15) is 6.04 Å². The Labute approximate surface area is 78.0 Å². The highest BCUT2D eigenvalue weighted by molar-refractivity contribution is 5.77. The quantitative estimate of drug-likeness (QED) is 0.570. The summed E-state index contributed by atoms with van der Waals surface area (Å²) in [5.41, 5.74) is 5.79. The number of nitrogens with zero attached hydrogens (tertiary/aromatic N) is 1. The third kappa shape index (κ3) is 1.84. The lowest BCUT2D eigenvalue weighted by molar-refractivity contribution is -0.142. The van der Waals surface area contributed by atoms with Gasteiger partial charge < -0.3 is 10.5 Å². The molecule has 0 aromatic rings. The zero-order chi connectivity index (χ0) is 9.26. The predicted molar refractivity (Wildman–Crippen MR) is 48.1 cm³/mol. The fraction of sp³-hybridized carbons (Fsp3) is 0.889. The Bertz CT molecular complexity index is 200. The molecule has 2 aliphatic rings. The first kappa shape index (κ1) is 8.97. The Hall–Kier alpha value is -0.610. The van der Waals surface area contributed by atoms with E-state index in [9.17, 15) is 4.79 Å². The zero-order valence-corrected chi connectivity index (χ0v) is 7.74. The summed E-state index contributed by atoms with van der Waals surface area (Å²) in [6.07, 6.45) is 2.86. The summed E-state index contributed by atoms with van der Waals surface area (Å²) in [6.45, 7) is 2.48. The Kier molecular flexibility index (Phi) is 2.51. The maximum Gasteiger partial charge on any atom is 0.323 e. The fourth-order valence-corrected chi connectivity index (χ4v) is 2.05. The lowest BCUT2D eigenvalue weighted by Gasteiger charge is -2.32. The van der Waals surface area contributed by atoms with E-state index in [2.05, 4.69) is 4.90 Å². The first-order chi connectivity index (χ1) is 6.27. The molecule has 4 nitrogen and oxygen atoms in total. The van der Waals surface area contributed by atoms with Crippen molar-refractivity contribution in [3.8, 4) is 0 Å². The number of hydrogen-bond donors (Lipinski definition) is 1. The summed E-state index contributed by atoms with van der Waals surface area (Å²) in [5, 5.41) is 0. The van der Waals surface area contributed by atoms with Gasteiger partial charge in [0.15, 0.2) is 0 Å². The summed E-state index contributed by atoms with van der Waals surface area (Å²) in [4.78, 5) is 13.5. The maximum absolute atomic E-state index is 11.3. The summed E-state index contributed by atoms with van der Waals surface area (Å²) >= 11 is 0. The highest BCUT2D eigenvalue weighted by Gasteiger charge is 2.33. The second-order valence-corrected chi connectivity index (χ2v) is 3.85. The van der Waals surface area contributed by atoms with Crippen LogP contribution in [0.2, 0.25) is 0 Å². The molecule has 2 saturated heterocycles. The van der Waals surface area contributed by atoms with Crippen LogP contribution in [0, 0.1) is 0 Å². The smallest absolute Gasteiger partial charge is 0.323 e. The second-order valence-electron chi connectivity index (χ2n) is 3.85. The van der Waals surface area contributed by atoms with Crippen LogP contribution in [0.25, 0.3) is 0 Å². The summed E-state index contributed by atoms with van der Waals surface area (Å²) in [6, 6.07) is 0.348. The molecular weight excluding hydrogens is 168 g/mol. The van der Waals surface area contributed by atoms with E-state index in [1.807, 2.05) is 0 Å². The molecule has 0 saturated carbocycles. The molecule has 0 bridgehead atoms. The van der Waals surface area contributed by atoms with Crippen LogP contribution in [-0.4, -0.2) is 42.6 Å². The van der Waals surface area contributed by atoms with E-state index >= 15 is 0 Å². The summed E-state index contributed by atoms with van der Waals surface area (Å²) in [5.74, 6) is -0.0459. The van der Waals surface area contributed by atoms with Crippen LogP contribution in [0.4, 0.5) is 0 Å². The number of cyclic esters (lactones) is 1. The van der Waals surface area contributed by atoms with Crippen molar-refractivity contribution in [2.45, 2.75) is 31.3 Å². The van der Waals surface area contributed by atoms with Gasteiger partial charge in [-0.2, -0.15) is 0 Å². The number of likely N-dealkylation sites (tertiary alicyclic amines) is 1. The van der Waals surface area contributed by atoms with Gasteiger partial charge in [-0.05, 0) is 12.8 Å². The number of carbonyl (C=O) groups excluding carboxylic acids is 1. The zero-order valence-electron chi connectivity index (χ0n) is 7.74. The van der Waals surface area contributed by atoms with Gasteiger partial charge in [0, 0.05) is 25.6 Å². The van der Waals surface area contributed by atoms with E-state index in [0.29, 0.717) is 12.6 Å². The van der Waals surface area contributed by atoms with Crippen molar-refractivity contribution in [2.75, 3.05) is 19.7 Å². The topological polar surface area (TPSA) is 55.6 Å². The predicted octanol–water partition coefficient (Wildman–Crippen LogP) is -0.275. The number of esters is 1. The number of nitrogens with two attached hydrogens (primary N) is 1. The molecule has 0 aromatic heterocycles. The number of ether oxygens (including phenoxy) is 1. The molecule has 0 aliphatic carbocycles. The van der Waals surface area contributed by atoms with Crippen molar-refractivity contribution < 1.29 is 9.53 Å². The van der Waals surface area contributed by atoms with Gasteiger partial charge in [-0.15, -0.1) is 0 Å². The van der Waals surface area contributed by atoms with Crippen LogP contribution in [0.5, 0.6) is 0 Å². The molecule has 1 atom stereocenters. The third-order valence-electron chi connectivity index (χ3n) is 2.92. The molecule has 2 heterocycles. The van der Waals surface area contributed by atoms with Crippen LogP contribution in [0.3, 0.4) is 0 Å².